The third-order valence-electron chi connectivity index (χ3n) is 6.29. The van der Waals surface area contributed by atoms with Crippen LogP contribution in [0.4, 0.5) is 5.13 Å². The predicted molar refractivity (Wildman–Crippen MR) is 130 cm³/mol. The fourth-order valence-electron chi connectivity index (χ4n) is 4.14. The molecule has 1 aliphatic rings. The quantitative estimate of drug-likeness (QED) is 0.459. The molecule has 0 spiro atoms. The molecule has 0 saturated carbocycles. The van der Waals surface area contributed by atoms with Crippen LogP contribution in [0, 0.1) is 19.8 Å². The van der Waals surface area contributed by atoms with Crippen molar-refractivity contribution in [1.82, 2.24) is 19.9 Å². The monoisotopic (exact) mass is 445 g/mol. The number of nitrogens with one attached hydrogen (secondary N) is 1. The van der Waals surface area contributed by atoms with E-state index in [0.717, 1.165) is 45.1 Å². The zero-order chi connectivity index (χ0) is 22.2. The Balaban J connectivity index is 1.32. The number of aryl methyl sites for hydroxylation is 2. The average molecular weight is 446 g/mol. The highest BCUT2D eigenvalue weighted by atomic mass is 32.1. The summed E-state index contributed by atoms with van der Waals surface area (Å²) in [5.41, 5.74) is 6.05. The van der Waals surface area contributed by atoms with E-state index in [-0.39, 0.29) is 5.91 Å². The molecule has 2 aromatic heterocycles. The van der Waals surface area contributed by atoms with Crippen LogP contribution in [-0.4, -0.2) is 38.8 Å². The summed E-state index contributed by atoms with van der Waals surface area (Å²) in [7, 11) is 0. The number of nitrogens with zero attached hydrogens (tertiary/aromatic N) is 4. The van der Waals surface area contributed by atoms with Crippen molar-refractivity contribution in [3.05, 3.63) is 58.9 Å². The Morgan fingerprint density at radius 1 is 1.00 bits per heavy atom. The summed E-state index contributed by atoms with van der Waals surface area (Å²) in [5, 5.41) is 3.57. The van der Waals surface area contributed by atoms with Crippen molar-refractivity contribution in [1.29, 1.82) is 0 Å². The minimum Gasteiger partial charge on any atom is -0.299 e. The number of aromatic nitrogens is 3. The van der Waals surface area contributed by atoms with E-state index in [1.165, 1.54) is 42.8 Å². The zero-order valence-electron chi connectivity index (χ0n) is 18.7. The summed E-state index contributed by atoms with van der Waals surface area (Å²) in [6.45, 7) is 9.50. The van der Waals surface area contributed by atoms with Gasteiger partial charge in [0.05, 0.1) is 32.6 Å². The number of fused-ring (bicyclic) bond motifs is 2. The van der Waals surface area contributed by atoms with E-state index in [1.54, 1.807) is 12.1 Å². The van der Waals surface area contributed by atoms with Gasteiger partial charge in [0.1, 0.15) is 0 Å². The first-order valence-electron chi connectivity index (χ1n) is 11.1. The van der Waals surface area contributed by atoms with Gasteiger partial charge in [-0.3, -0.25) is 15.0 Å². The van der Waals surface area contributed by atoms with Crippen molar-refractivity contribution in [3.8, 4) is 0 Å². The summed E-state index contributed by atoms with van der Waals surface area (Å²) >= 11 is 1.52. The van der Waals surface area contributed by atoms with Crippen molar-refractivity contribution < 1.29 is 4.79 Å². The Kier molecular flexibility index (Phi) is 5.61. The van der Waals surface area contributed by atoms with Crippen LogP contribution in [0.1, 0.15) is 47.1 Å². The highest BCUT2D eigenvalue weighted by Gasteiger charge is 2.17. The number of rotatable bonds is 4. The fraction of sp³-hybridized carbons (Fsp3) is 0.360. The summed E-state index contributed by atoms with van der Waals surface area (Å²) in [6.07, 6.45) is 2.55. The van der Waals surface area contributed by atoms with Gasteiger partial charge in [-0.1, -0.05) is 24.3 Å². The Morgan fingerprint density at radius 2 is 1.72 bits per heavy atom. The van der Waals surface area contributed by atoms with E-state index in [4.69, 9.17) is 0 Å². The maximum absolute atomic E-state index is 12.8. The minimum absolute atomic E-state index is 0.186. The Hall–Kier alpha value is -2.90. The molecule has 0 atom stereocenters. The largest absolute Gasteiger partial charge is 0.299 e. The molecule has 32 heavy (non-hydrogen) atoms. The lowest BCUT2D eigenvalue weighted by molar-refractivity contribution is 0.102. The van der Waals surface area contributed by atoms with Crippen LogP contribution in [0.3, 0.4) is 0 Å². The lowest BCUT2D eigenvalue weighted by atomic mass is 9.99. The molecule has 1 N–H and O–H groups in total. The SMILES string of the molecule is Cc1nc2ccc(C(=O)Nc3nc4ccc(CN5CCC(C)CC5)cc4s3)cc2nc1C. The number of hydrogen-bond donors (Lipinski definition) is 1. The first-order valence-corrected chi connectivity index (χ1v) is 11.9. The first kappa shape index (κ1) is 21.0. The van der Waals surface area contributed by atoms with Gasteiger partial charge in [0.25, 0.3) is 5.91 Å². The lowest BCUT2D eigenvalue weighted by Crippen LogP contribution is -2.32. The first-order chi connectivity index (χ1) is 15.4. The van der Waals surface area contributed by atoms with Crippen molar-refractivity contribution in [2.24, 2.45) is 5.92 Å². The molecule has 6 nitrogen and oxygen atoms in total. The second-order valence-corrected chi connectivity index (χ2v) is 9.86. The summed E-state index contributed by atoms with van der Waals surface area (Å²) in [5.74, 6) is 0.651. The number of carbonyl (C=O) groups is 1. The standard InChI is InChI=1S/C25H27N5OS/c1-15-8-10-30(11-9-15)14-18-4-6-21-23(12-18)32-25(28-21)29-24(31)19-5-7-20-22(13-19)27-17(3)16(2)26-20/h4-7,12-13,15H,8-11,14H2,1-3H3,(H,28,29,31). The summed E-state index contributed by atoms with van der Waals surface area (Å²) < 4.78 is 1.10. The molecule has 1 fully saturated rings. The van der Waals surface area contributed by atoms with E-state index >= 15 is 0 Å². The number of likely N-dealkylation sites (tertiary alicyclic amines) is 1. The summed E-state index contributed by atoms with van der Waals surface area (Å²) in [6, 6.07) is 11.8. The molecule has 2 aromatic carbocycles. The van der Waals surface area contributed by atoms with Gasteiger partial charge in [0.15, 0.2) is 5.13 Å². The van der Waals surface area contributed by atoms with Crippen LogP contribution >= 0.6 is 11.3 Å². The van der Waals surface area contributed by atoms with Gasteiger partial charge >= 0.3 is 0 Å². The highest BCUT2D eigenvalue weighted by Crippen LogP contribution is 2.28. The van der Waals surface area contributed by atoms with E-state index in [0.29, 0.717) is 10.7 Å². The van der Waals surface area contributed by atoms with Crippen LogP contribution in [0.25, 0.3) is 21.3 Å². The molecule has 0 unspecified atom stereocenters. The Bertz CT molecular complexity index is 1310. The average Bonchev–Trinajstić information content (AvgIpc) is 3.17. The molecule has 1 aliphatic heterocycles. The second-order valence-electron chi connectivity index (χ2n) is 8.83. The number of piperidine rings is 1. The molecule has 0 aliphatic carbocycles. The van der Waals surface area contributed by atoms with Gasteiger partial charge in [-0.25, -0.2) is 15.0 Å². The number of thiazole rings is 1. The van der Waals surface area contributed by atoms with Crippen LogP contribution in [0.15, 0.2) is 36.4 Å². The fourth-order valence-corrected chi connectivity index (χ4v) is 5.07. The maximum atomic E-state index is 12.8. The van der Waals surface area contributed by atoms with Gasteiger partial charge in [-0.15, -0.1) is 0 Å². The predicted octanol–water partition coefficient (Wildman–Crippen LogP) is 5.34. The second kappa shape index (κ2) is 8.56. The van der Waals surface area contributed by atoms with Crippen molar-refractivity contribution in [3.63, 3.8) is 0 Å². The smallest absolute Gasteiger partial charge is 0.257 e. The molecule has 4 aromatic rings. The molecule has 7 heteroatoms. The molecular weight excluding hydrogens is 418 g/mol. The summed E-state index contributed by atoms with van der Waals surface area (Å²) in [4.78, 5) is 29.1. The van der Waals surface area contributed by atoms with Crippen molar-refractivity contribution >= 4 is 43.6 Å². The van der Waals surface area contributed by atoms with Crippen LogP contribution in [0.5, 0.6) is 0 Å². The number of hydrogen-bond acceptors (Lipinski definition) is 6. The molecule has 3 heterocycles. The molecule has 5 rings (SSSR count). The van der Waals surface area contributed by atoms with Crippen LogP contribution < -0.4 is 5.32 Å². The molecule has 0 bridgehead atoms. The highest BCUT2D eigenvalue weighted by molar-refractivity contribution is 7.22. The Labute approximate surface area is 191 Å². The van der Waals surface area contributed by atoms with Gasteiger partial charge < -0.3 is 0 Å². The van der Waals surface area contributed by atoms with E-state index in [9.17, 15) is 4.79 Å². The molecule has 0 radical (unpaired) electrons. The number of amides is 1. The number of anilines is 1. The molecule has 1 saturated heterocycles. The molecular formula is C25H27N5OS. The van der Waals surface area contributed by atoms with Gasteiger partial charge in [0.2, 0.25) is 0 Å². The molecule has 1 amide bonds. The maximum Gasteiger partial charge on any atom is 0.257 e. The molecule has 164 valence electrons. The van der Waals surface area contributed by atoms with Crippen LogP contribution in [0.2, 0.25) is 0 Å². The topological polar surface area (TPSA) is 71.0 Å². The van der Waals surface area contributed by atoms with Gasteiger partial charge in [0, 0.05) is 12.1 Å². The Morgan fingerprint density at radius 3 is 2.50 bits per heavy atom. The van der Waals surface area contributed by atoms with E-state index < -0.39 is 0 Å². The van der Waals surface area contributed by atoms with Crippen molar-refractivity contribution in [2.45, 2.75) is 40.2 Å². The normalized spacial score (nSPS) is 15.5. The zero-order valence-corrected chi connectivity index (χ0v) is 19.5. The number of carbonyl (C=O) groups excluding carboxylic acids is 1. The van der Waals surface area contributed by atoms with Crippen LogP contribution in [-0.2, 0) is 6.54 Å². The minimum atomic E-state index is -0.186. The third-order valence-corrected chi connectivity index (χ3v) is 7.23. The van der Waals surface area contributed by atoms with Crippen molar-refractivity contribution in [2.75, 3.05) is 18.4 Å². The number of benzene rings is 2. The van der Waals surface area contributed by atoms with E-state index in [1.807, 2.05) is 19.9 Å². The third kappa shape index (κ3) is 4.36. The lowest BCUT2D eigenvalue weighted by Gasteiger charge is -2.30. The van der Waals surface area contributed by atoms with Gasteiger partial charge in [-0.05, 0) is 81.6 Å². The van der Waals surface area contributed by atoms with Gasteiger partial charge in [-0.2, -0.15) is 0 Å². The van der Waals surface area contributed by atoms with E-state index in [2.05, 4.69) is 50.3 Å².